The number of ketones is 1. The van der Waals surface area contributed by atoms with Crippen LogP contribution in [0.3, 0.4) is 0 Å². The van der Waals surface area contributed by atoms with E-state index in [1.54, 1.807) is 15.6 Å². The Labute approximate surface area is 154 Å². The first kappa shape index (κ1) is 18.9. The molecule has 5 nitrogen and oxygen atoms in total. The number of rotatable bonds is 4. The summed E-state index contributed by atoms with van der Waals surface area (Å²) in [6.45, 7) is 4.54. The van der Waals surface area contributed by atoms with Gasteiger partial charge in [0.05, 0.1) is 11.6 Å². The van der Waals surface area contributed by atoms with Crippen LogP contribution in [0, 0.1) is 0 Å². The van der Waals surface area contributed by atoms with Gasteiger partial charge >= 0.3 is 6.18 Å². The second-order valence-electron chi connectivity index (χ2n) is 6.33. The summed E-state index contributed by atoms with van der Waals surface area (Å²) in [6, 6.07) is 5.64. The molecule has 0 unspecified atom stereocenters. The van der Waals surface area contributed by atoms with Crippen molar-refractivity contribution < 1.29 is 22.8 Å². The number of halogens is 3. The third kappa shape index (κ3) is 3.94. The van der Waals surface area contributed by atoms with E-state index in [9.17, 15) is 22.8 Å². The number of benzene rings is 1. The number of amides is 1. The number of nitrogens with zero attached hydrogens (tertiary/aromatic N) is 3. The van der Waals surface area contributed by atoms with E-state index >= 15 is 0 Å². The Morgan fingerprint density at radius 1 is 1.11 bits per heavy atom. The van der Waals surface area contributed by atoms with E-state index in [1.165, 1.54) is 24.4 Å². The number of piperidine rings is 1. The smallest absolute Gasteiger partial charge is 0.339 e. The molecule has 2 heterocycles. The van der Waals surface area contributed by atoms with Gasteiger partial charge < -0.3 is 4.90 Å². The summed E-state index contributed by atoms with van der Waals surface area (Å²) in [4.78, 5) is 26.1. The summed E-state index contributed by atoms with van der Waals surface area (Å²) in [5.41, 5.74) is -0.306. The minimum absolute atomic E-state index is 0.0535. The molecule has 1 saturated heterocycles. The first-order valence-corrected chi connectivity index (χ1v) is 8.48. The topological polar surface area (TPSA) is 55.2 Å². The molecule has 0 N–H and O–H groups in total. The van der Waals surface area contributed by atoms with Gasteiger partial charge in [-0.3, -0.25) is 14.3 Å². The molecule has 0 spiro atoms. The van der Waals surface area contributed by atoms with Gasteiger partial charge in [0.2, 0.25) is 11.7 Å². The van der Waals surface area contributed by atoms with Crippen molar-refractivity contribution in [3.8, 4) is 0 Å². The normalized spacial score (nSPS) is 15.6. The Morgan fingerprint density at radius 2 is 1.74 bits per heavy atom. The van der Waals surface area contributed by atoms with Crippen LogP contribution in [-0.2, 0) is 11.0 Å². The van der Waals surface area contributed by atoms with Crippen LogP contribution in [0.4, 0.5) is 13.2 Å². The maximum absolute atomic E-state index is 12.7. The minimum Gasteiger partial charge on any atom is -0.339 e. The number of alkyl halides is 3. The van der Waals surface area contributed by atoms with E-state index < -0.39 is 11.7 Å². The van der Waals surface area contributed by atoms with Crippen LogP contribution in [-0.4, -0.2) is 39.5 Å². The molecule has 1 fully saturated rings. The third-order valence-corrected chi connectivity index (χ3v) is 4.67. The summed E-state index contributed by atoms with van der Waals surface area (Å²) >= 11 is 0. The molecule has 0 atom stereocenters. The zero-order valence-electron chi connectivity index (χ0n) is 14.4. The van der Waals surface area contributed by atoms with Gasteiger partial charge in [-0.25, -0.2) is 0 Å². The SMILES string of the molecule is C=CC(=O)N1CCC(n2nccc2C(=O)c2ccc(C(F)(F)F)cc2)CC1. The van der Waals surface area contributed by atoms with Gasteiger partial charge in [0, 0.05) is 24.8 Å². The Kier molecular flexibility index (Phi) is 5.16. The predicted molar refractivity (Wildman–Crippen MR) is 92.2 cm³/mol. The highest BCUT2D eigenvalue weighted by Gasteiger charge is 2.31. The van der Waals surface area contributed by atoms with Crippen LogP contribution in [0.5, 0.6) is 0 Å². The molecule has 1 aliphatic rings. The zero-order valence-corrected chi connectivity index (χ0v) is 14.4. The van der Waals surface area contributed by atoms with Crippen molar-refractivity contribution in [2.75, 3.05) is 13.1 Å². The fourth-order valence-corrected chi connectivity index (χ4v) is 3.20. The van der Waals surface area contributed by atoms with Crippen LogP contribution < -0.4 is 0 Å². The number of hydrogen-bond donors (Lipinski definition) is 0. The van der Waals surface area contributed by atoms with Gasteiger partial charge in [0.1, 0.15) is 5.69 Å². The van der Waals surface area contributed by atoms with Crippen LogP contribution in [0.15, 0.2) is 49.2 Å². The molecule has 8 heteroatoms. The van der Waals surface area contributed by atoms with E-state index in [0.717, 1.165) is 12.1 Å². The van der Waals surface area contributed by atoms with Crippen molar-refractivity contribution in [2.45, 2.75) is 25.1 Å². The van der Waals surface area contributed by atoms with Gasteiger partial charge in [-0.2, -0.15) is 18.3 Å². The summed E-state index contributed by atoms with van der Waals surface area (Å²) in [7, 11) is 0. The molecule has 1 aromatic heterocycles. The quantitative estimate of drug-likeness (QED) is 0.606. The molecule has 0 aliphatic carbocycles. The van der Waals surface area contributed by atoms with Crippen molar-refractivity contribution in [2.24, 2.45) is 0 Å². The van der Waals surface area contributed by atoms with Crippen molar-refractivity contribution >= 4 is 11.7 Å². The fraction of sp³-hybridized carbons (Fsp3) is 0.316. The Bertz CT molecular complexity index is 848. The lowest BCUT2D eigenvalue weighted by molar-refractivity contribution is -0.137. The summed E-state index contributed by atoms with van der Waals surface area (Å²) < 4.78 is 39.7. The first-order valence-electron chi connectivity index (χ1n) is 8.48. The van der Waals surface area contributed by atoms with Crippen LogP contribution >= 0.6 is 0 Å². The molecular weight excluding hydrogens is 359 g/mol. The van der Waals surface area contributed by atoms with Crippen molar-refractivity contribution in [1.82, 2.24) is 14.7 Å². The standard InChI is InChI=1S/C19H18F3N3O2/c1-2-17(26)24-11-8-15(9-12-24)25-16(7-10-23-25)18(27)13-3-5-14(6-4-13)19(20,21)22/h2-7,10,15H,1,8-9,11-12H2. The van der Waals surface area contributed by atoms with Gasteiger partial charge in [-0.15, -0.1) is 0 Å². The van der Waals surface area contributed by atoms with Crippen LogP contribution in [0.1, 0.15) is 40.5 Å². The van der Waals surface area contributed by atoms with Crippen LogP contribution in [0.25, 0.3) is 0 Å². The molecule has 3 rings (SSSR count). The lowest BCUT2D eigenvalue weighted by atomic mass is 10.0. The monoisotopic (exact) mass is 377 g/mol. The fourth-order valence-electron chi connectivity index (χ4n) is 3.20. The number of aromatic nitrogens is 2. The Hall–Kier alpha value is -2.90. The molecule has 27 heavy (non-hydrogen) atoms. The lowest BCUT2D eigenvalue weighted by Crippen LogP contribution is -2.38. The number of hydrogen-bond acceptors (Lipinski definition) is 3. The van der Waals surface area contributed by atoms with Gasteiger partial charge in [-0.05, 0) is 37.1 Å². The summed E-state index contributed by atoms with van der Waals surface area (Å²) in [6.07, 6.45) is -0.407. The number of carbonyl (C=O) groups is 2. The maximum atomic E-state index is 12.7. The predicted octanol–water partition coefficient (Wildman–Crippen LogP) is 3.48. The lowest BCUT2D eigenvalue weighted by Gasteiger charge is -2.32. The number of likely N-dealkylation sites (tertiary alicyclic amines) is 1. The van der Waals surface area contributed by atoms with E-state index in [2.05, 4.69) is 11.7 Å². The first-order chi connectivity index (χ1) is 12.8. The molecule has 142 valence electrons. The minimum atomic E-state index is -4.44. The van der Waals surface area contributed by atoms with Crippen LogP contribution in [0.2, 0.25) is 0 Å². The van der Waals surface area contributed by atoms with Crippen molar-refractivity contribution in [3.63, 3.8) is 0 Å². The van der Waals surface area contributed by atoms with Gasteiger partial charge in [-0.1, -0.05) is 18.7 Å². The molecule has 1 amide bonds. The van der Waals surface area contributed by atoms with E-state index in [-0.39, 0.29) is 23.3 Å². The summed E-state index contributed by atoms with van der Waals surface area (Å²) in [5, 5.41) is 4.23. The molecule has 2 aromatic rings. The Morgan fingerprint density at radius 3 is 2.30 bits per heavy atom. The molecular formula is C19H18F3N3O2. The van der Waals surface area contributed by atoms with Gasteiger partial charge in [0.15, 0.2) is 0 Å². The average Bonchev–Trinajstić information content (AvgIpc) is 3.16. The number of carbonyl (C=O) groups excluding carboxylic acids is 2. The maximum Gasteiger partial charge on any atom is 0.416 e. The van der Waals surface area contributed by atoms with Crippen molar-refractivity contribution in [3.05, 3.63) is 66.0 Å². The zero-order chi connectivity index (χ0) is 19.6. The molecule has 0 saturated carbocycles. The van der Waals surface area contributed by atoms with Gasteiger partial charge in [0.25, 0.3) is 0 Å². The van der Waals surface area contributed by atoms with E-state index in [0.29, 0.717) is 31.6 Å². The molecule has 1 aromatic carbocycles. The summed E-state index contributed by atoms with van der Waals surface area (Å²) in [5.74, 6) is -0.513. The third-order valence-electron chi connectivity index (χ3n) is 4.67. The molecule has 1 aliphatic heterocycles. The molecule has 0 radical (unpaired) electrons. The van der Waals surface area contributed by atoms with E-state index in [1.807, 2.05) is 0 Å². The second kappa shape index (κ2) is 7.38. The molecule has 0 bridgehead atoms. The highest BCUT2D eigenvalue weighted by molar-refractivity contribution is 6.07. The average molecular weight is 377 g/mol. The highest BCUT2D eigenvalue weighted by atomic mass is 19.4. The second-order valence-corrected chi connectivity index (χ2v) is 6.33. The Balaban J connectivity index is 1.76. The largest absolute Gasteiger partial charge is 0.416 e. The van der Waals surface area contributed by atoms with E-state index in [4.69, 9.17) is 0 Å². The van der Waals surface area contributed by atoms with Crippen molar-refractivity contribution in [1.29, 1.82) is 0 Å². The highest BCUT2D eigenvalue weighted by Crippen LogP contribution is 2.30.